The predicted molar refractivity (Wildman–Crippen MR) is 117 cm³/mol. The molecule has 2 heterocycles. The molecule has 0 spiro atoms. The number of primary amides is 1. The molecule has 3 N–H and O–H groups in total. The van der Waals surface area contributed by atoms with Crippen molar-refractivity contribution >= 4 is 35.7 Å². The molecule has 4 rings (SSSR count). The molecule has 0 bridgehead atoms. The Morgan fingerprint density at radius 3 is 2.66 bits per heavy atom. The molecule has 156 valence electrons. The normalized spacial score (nSPS) is 10.5. The van der Waals surface area contributed by atoms with Crippen LogP contribution in [0.5, 0.6) is 0 Å². The summed E-state index contributed by atoms with van der Waals surface area (Å²) < 4.78 is 15.5. The van der Waals surface area contributed by atoms with Gasteiger partial charge in [-0.2, -0.15) is 0 Å². The van der Waals surface area contributed by atoms with Gasteiger partial charge in [-0.15, -0.1) is 0 Å². The molecule has 0 aliphatic rings. The van der Waals surface area contributed by atoms with Crippen LogP contribution in [0.25, 0.3) is 10.9 Å². The van der Waals surface area contributed by atoms with Gasteiger partial charge in [0, 0.05) is 0 Å². The van der Waals surface area contributed by atoms with Gasteiger partial charge in [-0.1, -0.05) is 0 Å². The summed E-state index contributed by atoms with van der Waals surface area (Å²) in [5.74, 6) is -1.56. The molecule has 32 heavy (non-hydrogen) atoms. The Balaban J connectivity index is 1.62. The van der Waals surface area contributed by atoms with Crippen LogP contribution in [-0.4, -0.2) is 33.4 Å². The molecule has 0 saturated heterocycles. The first kappa shape index (κ1) is 20.9. The van der Waals surface area contributed by atoms with Crippen LogP contribution in [0.1, 0.15) is 37.7 Å². The van der Waals surface area contributed by atoms with Crippen molar-refractivity contribution in [2.45, 2.75) is 13.5 Å². The summed E-state index contributed by atoms with van der Waals surface area (Å²) in [5.41, 5.74) is 7.71. The molecule has 2 aromatic carbocycles. The van der Waals surface area contributed by atoms with Gasteiger partial charge in [-0.25, -0.2) is 0 Å². The van der Waals surface area contributed by atoms with Gasteiger partial charge >= 0.3 is 182 Å². The van der Waals surface area contributed by atoms with Crippen LogP contribution in [0, 0.1) is 24.1 Å². The van der Waals surface area contributed by atoms with E-state index < -0.39 is 17.6 Å². The number of hydrogen-bond donors (Lipinski definition) is 2. The molecule has 0 aliphatic carbocycles. The van der Waals surface area contributed by atoms with Crippen LogP contribution < -0.4 is 11.1 Å². The van der Waals surface area contributed by atoms with Crippen LogP contribution in [0.3, 0.4) is 0 Å². The van der Waals surface area contributed by atoms with E-state index in [1.807, 2.05) is 16.6 Å². The third-order valence-electron chi connectivity index (χ3n) is 5.04. The van der Waals surface area contributed by atoms with Crippen LogP contribution in [0.4, 0.5) is 10.2 Å². The zero-order valence-electron chi connectivity index (χ0n) is 17.0. The molecule has 4 aromatic rings. The molecule has 0 unspecified atom stereocenters. The van der Waals surface area contributed by atoms with Gasteiger partial charge < -0.3 is 0 Å². The Kier molecular flexibility index (Phi) is 5.47. The average molecular weight is 426 g/mol. The van der Waals surface area contributed by atoms with E-state index in [1.165, 1.54) is 18.2 Å². The Morgan fingerprint density at radius 1 is 1.22 bits per heavy atom. The number of carbonyl (C=O) groups is 2. The topological polar surface area (TPSA) is 127 Å². The summed E-state index contributed by atoms with van der Waals surface area (Å²) in [6, 6.07) is 14.3. The van der Waals surface area contributed by atoms with Crippen molar-refractivity contribution in [3.63, 3.8) is 0 Å². The van der Waals surface area contributed by atoms with Gasteiger partial charge in [-0.05, 0) is 0 Å². The van der Waals surface area contributed by atoms with Gasteiger partial charge in [0.1, 0.15) is 0 Å². The number of nitrogens with zero attached hydrogens (tertiary/aromatic N) is 4. The first-order valence-corrected chi connectivity index (χ1v) is 9.58. The fourth-order valence-electron chi connectivity index (χ4n) is 3.30. The molecular formula is C22H16BFN6O2. The third-order valence-corrected chi connectivity index (χ3v) is 5.04. The molecule has 0 radical (unpaired) electrons. The van der Waals surface area contributed by atoms with Crippen LogP contribution in [0.2, 0.25) is 0 Å². The van der Waals surface area contributed by atoms with E-state index in [0.717, 1.165) is 11.6 Å². The van der Waals surface area contributed by atoms with Crippen molar-refractivity contribution in [1.29, 1.82) is 5.26 Å². The van der Waals surface area contributed by atoms with Crippen LogP contribution in [-0.2, 0) is 6.54 Å². The van der Waals surface area contributed by atoms with Crippen molar-refractivity contribution in [1.82, 2.24) is 14.3 Å². The van der Waals surface area contributed by atoms with E-state index in [1.54, 1.807) is 26.3 Å². The summed E-state index contributed by atoms with van der Waals surface area (Å²) in [7, 11) is 1.60. The Labute approximate surface area is 182 Å². The first-order chi connectivity index (χ1) is 15.4. The number of rotatable bonds is 5. The second-order valence-electron chi connectivity index (χ2n) is 7.15. The van der Waals surface area contributed by atoms with Gasteiger partial charge in [-0.3, -0.25) is 0 Å². The minimum atomic E-state index is -0.826. The maximum atomic E-state index is 13.6. The SMILES string of the molecule is Cc1c(NC(=O)c2cc(C(N)=O)nc3cc(F)ccc23)nbn1Cc1ccc(C#N)cc1. The molecular weight excluding hydrogens is 410 g/mol. The zero-order chi connectivity index (χ0) is 22.8. The molecule has 0 atom stereocenters. The predicted octanol–water partition coefficient (Wildman–Crippen LogP) is 2.49. The van der Waals surface area contributed by atoms with Gasteiger partial charge in [0.15, 0.2) is 0 Å². The summed E-state index contributed by atoms with van der Waals surface area (Å²) in [4.78, 5) is 33.0. The van der Waals surface area contributed by atoms with E-state index >= 15 is 0 Å². The van der Waals surface area contributed by atoms with E-state index in [9.17, 15) is 14.0 Å². The van der Waals surface area contributed by atoms with Crippen LogP contribution in [0.15, 0.2) is 48.5 Å². The van der Waals surface area contributed by atoms with Crippen LogP contribution >= 0.6 is 0 Å². The number of nitrogens with two attached hydrogens (primary N) is 1. The monoisotopic (exact) mass is 426 g/mol. The third kappa shape index (κ3) is 4.09. The van der Waals surface area contributed by atoms with Crippen molar-refractivity contribution in [2.24, 2.45) is 5.73 Å². The number of anilines is 1. The van der Waals surface area contributed by atoms with Crippen molar-refractivity contribution in [2.75, 3.05) is 5.32 Å². The van der Waals surface area contributed by atoms with E-state index in [-0.39, 0.29) is 16.8 Å². The molecule has 0 aliphatic heterocycles. The second-order valence-corrected chi connectivity index (χ2v) is 7.15. The number of amides is 2. The number of nitrogens with one attached hydrogen (secondary N) is 1. The maximum absolute atomic E-state index is 13.6. The molecule has 8 nitrogen and oxygen atoms in total. The first-order valence-electron chi connectivity index (χ1n) is 9.58. The second kappa shape index (κ2) is 8.39. The van der Waals surface area contributed by atoms with Gasteiger partial charge in [0.25, 0.3) is 0 Å². The summed E-state index contributed by atoms with van der Waals surface area (Å²) in [5, 5.41) is 12.0. The quantitative estimate of drug-likeness (QED) is 0.507. The molecule has 0 fully saturated rings. The Morgan fingerprint density at radius 2 is 1.97 bits per heavy atom. The molecule has 2 amide bonds. The Hall–Kier alpha value is -4.39. The molecule has 10 heteroatoms. The number of nitriles is 1. The number of pyridine rings is 1. The number of halogens is 1. The van der Waals surface area contributed by atoms with E-state index in [0.29, 0.717) is 29.0 Å². The van der Waals surface area contributed by atoms with E-state index in [2.05, 4.69) is 21.3 Å². The Bertz CT molecular complexity index is 1410. The zero-order valence-corrected chi connectivity index (χ0v) is 17.0. The van der Waals surface area contributed by atoms with Crippen molar-refractivity contribution < 1.29 is 14.0 Å². The fourth-order valence-corrected chi connectivity index (χ4v) is 3.30. The molecule has 2 aromatic heterocycles. The van der Waals surface area contributed by atoms with E-state index in [4.69, 9.17) is 11.0 Å². The summed E-state index contributed by atoms with van der Waals surface area (Å²) in [6.45, 7) is 2.31. The number of hydrogen-bond acceptors (Lipinski definition) is 5. The number of aromatic nitrogens is 3. The average Bonchev–Trinajstić information content (AvgIpc) is 3.12. The van der Waals surface area contributed by atoms with Crippen molar-refractivity contribution in [3.8, 4) is 6.07 Å². The number of fused-ring (bicyclic) bond motifs is 1. The minimum absolute atomic E-state index is 0.129. The number of carbonyl (C=O) groups excluding carboxylic acids is 2. The fraction of sp³-hybridized carbons (Fsp3) is 0.0909. The van der Waals surface area contributed by atoms with Crippen molar-refractivity contribution in [3.05, 3.63) is 82.4 Å². The number of benzene rings is 2. The van der Waals surface area contributed by atoms with Gasteiger partial charge in [0.05, 0.1) is 0 Å². The summed E-state index contributed by atoms with van der Waals surface area (Å²) in [6.07, 6.45) is 0. The standard InChI is InChI=1S/C22H16BFN6O2/c1-12-21(29-23-30(12)11-14-4-2-13(10-25)3-5-14)28-22(32)17-9-19(20(26)31)27-18-8-15(24)6-7-16(17)18/h2-9H,11H2,1H3,(H2,26,31)(H,28,32). The molecule has 0 saturated carbocycles. The van der Waals surface area contributed by atoms with Gasteiger partial charge in [0.2, 0.25) is 0 Å². The summed E-state index contributed by atoms with van der Waals surface area (Å²) >= 11 is 0.